The number of carboxylic acids is 1. The molecule has 0 saturated carbocycles. The monoisotopic (exact) mass is 487 g/mol. The van der Waals surface area contributed by atoms with E-state index in [4.69, 9.17) is 23.8 Å². The molecule has 12 heteroatoms. The smallest absolute Gasteiger partial charge is 0.490 e. The van der Waals surface area contributed by atoms with E-state index in [9.17, 15) is 18.0 Å². The lowest BCUT2D eigenvalue weighted by molar-refractivity contribution is -0.192. The topological polar surface area (TPSA) is 114 Å². The normalized spacial score (nSPS) is 15.7. The zero-order chi connectivity index (χ0) is 25.5. The maximum atomic E-state index is 12.5. The van der Waals surface area contributed by atoms with Crippen LogP contribution in [0.25, 0.3) is 11.5 Å². The first-order valence-corrected chi connectivity index (χ1v) is 10.4. The second-order valence-electron chi connectivity index (χ2n) is 8.06. The summed E-state index contributed by atoms with van der Waals surface area (Å²) in [6.45, 7) is 9.66. The van der Waals surface area contributed by atoms with Gasteiger partial charge in [-0.3, -0.25) is 9.69 Å². The van der Waals surface area contributed by atoms with Crippen molar-refractivity contribution in [3.8, 4) is 17.2 Å². The zero-order valence-corrected chi connectivity index (χ0v) is 19.4. The highest BCUT2D eigenvalue weighted by atomic mass is 19.4. The van der Waals surface area contributed by atoms with Crippen molar-refractivity contribution in [1.29, 1.82) is 0 Å². The Labute approximate surface area is 194 Å². The summed E-state index contributed by atoms with van der Waals surface area (Å²) >= 11 is 0. The van der Waals surface area contributed by atoms with E-state index in [2.05, 4.69) is 29.0 Å². The fourth-order valence-corrected chi connectivity index (χ4v) is 3.16. The maximum absolute atomic E-state index is 12.5. The summed E-state index contributed by atoms with van der Waals surface area (Å²) in [4.78, 5) is 28.1. The standard InChI is InChI=1S/C20H27N3O4.C2HF3O2/c1-14-17(22-19(27-14)15-5-7-16(25-4)8-6-15)18(24)21-9-10-23-11-12-26-13-20(23,2)3;3-2(4,5)1(6)7/h5-8H,9-13H2,1-4H3,(H,21,24);(H,6,7). The lowest BCUT2D eigenvalue weighted by Gasteiger charge is -2.42. The Kier molecular flexibility index (Phi) is 9.05. The fourth-order valence-electron chi connectivity index (χ4n) is 3.16. The van der Waals surface area contributed by atoms with E-state index in [1.54, 1.807) is 14.0 Å². The number of amides is 1. The van der Waals surface area contributed by atoms with Gasteiger partial charge in [-0.1, -0.05) is 0 Å². The number of alkyl halides is 3. The van der Waals surface area contributed by atoms with Crippen LogP contribution in [0.5, 0.6) is 5.75 Å². The van der Waals surface area contributed by atoms with Crippen LogP contribution in [-0.2, 0) is 9.53 Å². The van der Waals surface area contributed by atoms with Crippen molar-refractivity contribution in [1.82, 2.24) is 15.2 Å². The predicted molar refractivity (Wildman–Crippen MR) is 116 cm³/mol. The summed E-state index contributed by atoms with van der Waals surface area (Å²) in [6, 6.07) is 7.37. The number of hydrogen-bond acceptors (Lipinski definition) is 7. The van der Waals surface area contributed by atoms with E-state index in [1.807, 2.05) is 24.3 Å². The molecule has 1 amide bonds. The molecule has 1 saturated heterocycles. The van der Waals surface area contributed by atoms with Crippen molar-refractivity contribution >= 4 is 11.9 Å². The minimum absolute atomic E-state index is 0.0195. The van der Waals surface area contributed by atoms with Crippen molar-refractivity contribution in [2.24, 2.45) is 0 Å². The minimum atomic E-state index is -5.08. The number of halogens is 3. The Hall–Kier alpha value is -3.12. The lowest BCUT2D eigenvalue weighted by Crippen LogP contribution is -2.54. The fraction of sp³-hybridized carbons (Fsp3) is 0.500. The van der Waals surface area contributed by atoms with Crippen molar-refractivity contribution in [3.63, 3.8) is 0 Å². The number of benzene rings is 1. The Balaban J connectivity index is 0.000000509. The molecule has 0 bridgehead atoms. The number of ether oxygens (including phenoxy) is 2. The number of aliphatic carboxylic acids is 1. The van der Waals surface area contributed by atoms with Crippen molar-refractivity contribution in [3.05, 3.63) is 35.7 Å². The molecule has 1 fully saturated rings. The van der Waals surface area contributed by atoms with Crippen molar-refractivity contribution in [2.45, 2.75) is 32.5 Å². The summed E-state index contributed by atoms with van der Waals surface area (Å²) in [7, 11) is 1.62. The molecule has 9 nitrogen and oxygen atoms in total. The predicted octanol–water partition coefficient (Wildman–Crippen LogP) is 3.13. The van der Waals surface area contributed by atoms with Crippen LogP contribution in [0.3, 0.4) is 0 Å². The minimum Gasteiger partial charge on any atom is -0.497 e. The molecule has 2 N–H and O–H groups in total. The SMILES string of the molecule is COc1ccc(-c2nc(C(=O)NCCN3CCOCC3(C)C)c(C)o2)cc1.O=C(O)C(F)(F)F. The first kappa shape index (κ1) is 27.1. The van der Waals surface area contributed by atoms with E-state index in [-0.39, 0.29) is 11.4 Å². The Bertz CT molecular complexity index is 973. The number of carboxylic acid groups (broad SMARTS) is 1. The van der Waals surface area contributed by atoms with Crippen LogP contribution in [0.2, 0.25) is 0 Å². The molecule has 2 heterocycles. The van der Waals surface area contributed by atoms with E-state index in [0.717, 1.165) is 31.0 Å². The van der Waals surface area contributed by atoms with Gasteiger partial charge in [0.05, 0.1) is 20.3 Å². The Morgan fingerprint density at radius 1 is 1.26 bits per heavy atom. The van der Waals surface area contributed by atoms with Gasteiger partial charge in [0.2, 0.25) is 5.89 Å². The molecular formula is C22H28F3N3O6. The molecule has 34 heavy (non-hydrogen) atoms. The highest BCUT2D eigenvalue weighted by molar-refractivity contribution is 5.93. The third-order valence-corrected chi connectivity index (χ3v) is 5.08. The molecule has 2 aromatic rings. The summed E-state index contributed by atoms with van der Waals surface area (Å²) < 4.78 is 48.1. The van der Waals surface area contributed by atoms with Gasteiger partial charge in [0.15, 0.2) is 5.69 Å². The summed E-state index contributed by atoms with van der Waals surface area (Å²) in [6.07, 6.45) is -5.08. The molecule has 1 aromatic carbocycles. The summed E-state index contributed by atoms with van der Waals surface area (Å²) in [5.74, 6) is -1.29. The van der Waals surface area contributed by atoms with Gasteiger partial charge >= 0.3 is 12.1 Å². The molecule has 0 unspecified atom stereocenters. The van der Waals surface area contributed by atoms with Crippen LogP contribution in [0.1, 0.15) is 30.1 Å². The van der Waals surface area contributed by atoms with Crippen LogP contribution < -0.4 is 10.1 Å². The number of aryl methyl sites for hydroxylation is 1. The number of nitrogens with one attached hydrogen (secondary N) is 1. The Morgan fingerprint density at radius 2 is 1.88 bits per heavy atom. The number of aromatic nitrogens is 1. The number of hydrogen-bond donors (Lipinski definition) is 2. The van der Waals surface area contributed by atoms with Crippen LogP contribution in [-0.4, -0.2) is 78.5 Å². The number of rotatable bonds is 6. The molecule has 0 aliphatic carbocycles. The van der Waals surface area contributed by atoms with Gasteiger partial charge in [0.25, 0.3) is 5.91 Å². The number of carbonyl (C=O) groups excluding carboxylic acids is 1. The quantitative estimate of drug-likeness (QED) is 0.639. The molecule has 0 spiro atoms. The van der Waals surface area contributed by atoms with Crippen LogP contribution in [0, 0.1) is 6.92 Å². The highest BCUT2D eigenvalue weighted by Gasteiger charge is 2.38. The first-order valence-electron chi connectivity index (χ1n) is 10.4. The van der Waals surface area contributed by atoms with Crippen LogP contribution in [0.4, 0.5) is 13.2 Å². The molecule has 3 rings (SSSR count). The van der Waals surface area contributed by atoms with Crippen LogP contribution in [0.15, 0.2) is 28.7 Å². The molecule has 0 radical (unpaired) electrons. The van der Waals surface area contributed by atoms with E-state index >= 15 is 0 Å². The third-order valence-electron chi connectivity index (χ3n) is 5.08. The lowest BCUT2D eigenvalue weighted by atomic mass is 10.0. The van der Waals surface area contributed by atoms with Gasteiger partial charge < -0.3 is 24.3 Å². The number of oxazole rings is 1. The highest BCUT2D eigenvalue weighted by Crippen LogP contribution is 2.24. The number of morpholine rings is 1. The number of carbonyl (C=O) groups is 2. The van der Waals surface area contributed by atoms with E-state index in [1.165, 1.54) is 0 Å². The summed E-state index contributed by atoms with van der Waals surface area (Å²) in [5.41, 5.74) is 1.10. The van der Waals surface area contributed by atoms with Crippen molar-refractivity contribution in [2.75, 3.05) is 40.0 Å². The summed E-state index contributed by atoms with van der Waals surface area (Å²) in [5, 5.41) is 10.1. The molecule has 1 aliphatic rings. The van der Waals surface area contributed by atoms with Crippen LogP contribution >= 0.6 is 0 Å². The average molecular weight is 487 g/mol. The van der Waals surface area contributed by atoms with Gasteiger partial charge in [-0.05, 0) is 45.0 Å². The van der Waals surface area contributed by atoms with Gasteiger partial charge in [0, 0.05) is 30.7 Å². The second-order valence-corrected chi connectivity index (χ2v) is 8.06. The van der Waals surface area contributed by atoms with E-state index in [0.29, 0.717) is 30.5 Å². The number of methoxy groups -OCH3 is 1. The van der Waals surface area contributed by atoms with Gasteiger partial charge in [0.1, 0.15) is 11.5 Å². The molecule has 188 valence electrons. The maximum Gasteiger partial charge on any atom is 0.490 e. The molecule has 0 atom stereocenters. The second kappa shape index (κ2) is 11.3. The van der Waals surface area contributed by atoms with E-state index < -0.39 is 12.1 Å². The molecule has 1 aliphatic heterocycles. The first-order chi connectivity index (χ1) is 15.8. The largest absolute Gasteiger partial charge is 0.497 e. The molecule has 1 aromatic heterocycles. The zero-order valence-electron chi connectivity index (χ0n) is 19.4. The average Bonchev–Trinajstić information content (AvgIpc) is 3.16. The Morgan fingerprint density at radius 3 is 2.41 bits per heavy atom. The van der Waals surface area contributed by atoms with Gasteiger partial charge in [-0.2, -0.15) is 13.2 Å². The number of nitrogens with zero attached hydrogens (tertiary/aromatic N) is 2. The van der Waals surface area contributed by atoms with Crippen molar-refractivity contribution < 1.29 is 41.8 Å². The van der Waals surface area contributed by atoms with Gasteiger partial charge in [-0.15, -0.1) is 0 Å². The third kappa shape index (κ3) is 7.45. The molecular weight excluding hydrogens is 459 g/mol. The van der Waals surface area contributed by atoms with Gasteiger partial charge in [-0.25, -0.2) is 9.78 Å².